The smallest absolute Gasteiger partial charge is 0.268 e. The molecule has 0 aliphatic carbocycles. The van der Waals surface area contributed by atoms with E-state index in [4.69, 9.17) is 5.84 Å². The van der Waals surface area contributed by atoms with Crippen LogP contribution < -0.4 is 11.3 Å². The van der Waals surface area contributed by atoms with Crippen LogP contribution in [0.5, 0.6) is 0 Å². The van der Waals surface area contributed by atoms with Crippen LogP contribution in [0.1, 0.15) is 21.7 Å². The van der Waals surface area contributed by atoms with Crippen molar-refractivity contribution in [1.29, 1.82) is 0 Å². The van der Waals surface area contributed by atoms with Crippen LogP contribution in [0.3, 0.4) is 0 Å². The molecule has 2 aromatic rings. The second-order valence-corrected chi connectivity index (χ2v) is 3.77. The van der Waals surface area contributed by atoms with Crippen LogP contribution in [0.25, 0.3) is 5.69 Å². The SMILES string of the molecule is Cc1nn(-c2ccccc2)c(C)c1C(=O)NN.Cl.Cl. The molecule has 0 unspecified atom stereocenters. The van der Waals surface area contributed by atoms with Gasteiger partial charge in [0, 0.05) is 0 Å². The third-order valence-corrected chi connectivity index (χ3v) is 2.65. The van der Waals surface area contributed by atoms with E-state index in [0.29, 0.717) is 11.3 Å². The van der Waals surface area contributed by atoms with Gasteiger partial charge >= 0.3 is 0 Å². The second-order valence-electron chi connectivity index (χ2n) is 3.77. The summed E-state index contributed by atoms with van der Waals surface area (Å²) in [5, 5.41) is 4.35. The summed E-state index contributed by atoms with van der Waals surface area (Å²) in [5.41, 5.74) is 5.02. The highest BCUT2D eigenvalue weighted by molar-refractivity contribution is 5.96. The lowest BCUT2D eigenvalue weighted by Crippen LogP contribution is -2.30. The molecule has 0 aliphatic rings. The Hall–Kier alpha value is -1.56. The van der Waals surface area contributed by atoms with E-state index in [9.17, 15) is 4.79 Å². The fourth-order valence-corrected chi connectivity index (χ4v) is 1.86. The number of nitrogen functional groups attached to an aromatic ring is 1. The molecule has 0 saturated heterocycles. The molecule has 1 aromatic carbocycles. The molecule has 0 saturated carbocycles. The molecule has 104 valence electrons. The number of aromatic nitrogens is 2. The predicted octanol–water partition coefficient (Wildman–Crippen LogP) is 1.94. The number of benzene rings is 1. The molecular weight excluding hydrogens is 287 g/mol. The Balaban J connectivity index is 0.00000162. The normalized spacial score (nSPS) is 9.21. The van der Waals surface area contributed by atoms with E-state index < -0.39 is 0 Å². The van der Waals surface area contributed by atoms with Crippen LogP contribution in [0.2, 0.25) is 0 Å². The first-order valence-corrected chi connectivity index (χ1v) is 5.27. The quantitative estimate of drug-likeness (QED) is 0.506. The number of hydrogen-bond acceptors (Lipinski definition) is 3. The molecule has 1 heterocycles. The van der Waals surface area contributed by atoms with E-state index in [1.807, 2.05) is 37.3 Å². The van der Waals surface area contributed by atoms with E-state index in [0.717, 1.165) is 11.4 Å². The number of amides is 1. The molecule has 0 aliphatic heterocycles. The fourth-order valence-electron chi connectivity index (χ4n) is 1.86. The lowest BCUT2D eigenvalue weighted by atomic mass is 10.2. The predicted molar refractivity (Wildman–Crippen MR) is 79.2 cm³/mol. The molecule has 0 fully saturated rings. The number of rotatable bonds is 2. The fraction of sp³-hybridized carbons (Fsp3) is 0.167. The maximum absolute atomic E-state index is 11.6. The zero-order valence-corrected chi connectivity index (χ0v) is 12.2. The molecule has 5 nitrogen and oxygen atoms in total. The molecule has 1 amide bonds. The molecule has 0 spiro atoms. The minimum Gasteiger partial charge on any atom is -0.290 e. The van der Waals surface area contributed by atoms with Gasteiger partial charge in [0.05, 0.1) is 22.6 Å². The number of nitrogens with two attached hydrogens (primary N) is 1. The molecule has 0 bridgehead atoms. The first-order chi connectivity index (χ1) is 8.15. The van der Waals surface area contributed by atoms with Gasteiger partial charge in [0.25, 0.3) is 5.91 Å². The number of halogens is 2. The molecule has 0 atom stereocenters. The van der Waals surface area contributed by atoms with Crippen LogP contribution in [0, 0.1) is 13.8 Å². The van der Waals surface area contributed by atoms with Gasteiger partial charge in [-0.2, -0.15) is 5.10 Å². The highest BCUT2D eigenvalue weighted by atomic mass is 35.5. The van der Waals surface area contributed by atoms with Crippen molar-refractivity contribution in [2.75, 3.05) is 0 Å². The van der Waals surface area contributed by atoms with Crippen LogP contribution in [0.15, 0.2) is 30.3 Å². The number of aryl methyl sites for hydroxylation is 1. The van der Waals surface area contributed by atoms with E-state index in [2.05, 4.69) is 10.5 Å². The average Bonchev–Trinajstić information content (AvgIpc) is 2.65. The largest absolute Gasteiger partial charge is 0.290 e. The number of nitrogens with one attached hydrogen (secondary N) is 1. The lowest BCUT2D eigenvalue weighted by molar-refractivity contribution is 0.0952. The molecule has 19 heavy (non-hydrogen) atoms. The average molecular weight is 303 g/mol. The van der Waals surface area contributed by atoms with E-state index in [1.54, 1.807) is 11.6 Å². The first kappa shape index (κ1) is 17.4. The lowest BCUT2D eigenvalue weighted by Gasteiger charge is -2.04. The Labute approximate surface area is 124 Å². The van der Waals surface area contributed by atoms with Gasteiger partial charge in [0.2, 0.25) is 0 Å². The summed E-state index contributed by atoms with van der Waals surface area (Å²) in [6.45, 7) is 3.63. The Morgan fingerprint density at radius 1 is 1.21 bits per heavy atom. The van der Waals surface area contributed by atoms with Gasteiger partial charge in [-0.05, 0) is 26.0 Å². The number of hydrazine groups is 1. The molecule has 0 radical (unpaired) electrons. The Bertz CT molecular complexity index is 554. The number of para-hydroxylation sites is 1. The van der Waals surface area contributed by atoms with Crippen molar-refractivity contribution < 1.29 is 4.79 Å². The van der Waals surface area contributed by atoms with Gasteiger partial charge in [-0.25, -0.2) is 10.5 Å². The first-order valence-electron chi connectivity index (χ1n) is 5.27. The van der Waals surface area contributed by atoms with Gasteiger partial charge in [0.1, 0.15) is 0 Å². The Morgan fingerprint density at radius 3 is 2.32 bits per heavy atom. The second kappa shape index (κ2) is 7.13. The molecule has 3 N–H and O–H groups in total. The number of carbonyl (C=O) groups excluding carboxylic acids is 1. The van der Waals surface area contributed by atoms with Gasteiger partial charge in [-0.15, -0.1) is 24.8 Å². The zero-order valence-electron chi connectivity index (χ0n) is 10.6. The summed E-state index contributed by atoms with van der Waals surface area (Å²) in [6.07, 6.45) is 0. The summed E-state index contributed by atoms with van der Waals surface area (Å²) < 4.78 is 1.74. The standard InChI is InChI=1S/C12H14N4O.2ClH/c1-8-11(12(17)14-13)9(2)16(15-8)10-6-4-3-5-7-10;;/h3-7H,13H2,1-2H3,(H,14,17);2*1H. The van der Waals surface area contributed by atoms with Crippen molar-refractivity contribution in [3.63, 3.8) is 0 Å². The van der Waals surface area contributed by atoms with Crippen molar-refractivity contribution in [3.8, 4) is 5.69 Å². The topological polar surface area (TPSA) is 72.9 Å². The number of nitrogens with zero attached hydrogens (tertiary/aromatic N) is 2. The highest BCUT2D eigenvalue weighted by Crippen LogP contribution is 2.17. The van der Waals surface area contributed by atoms with E-state index in [-0.39, 0.29) is 30.7 Å². The molecule has 7 heteroatoms. The van der Waals surface area contributed by atoms with Crippen molar-refractivity contribution in [2.45, 2.75) is 13.8 Å². The monoisotopic (exact) mass is 302 g/mol. The minimum absolute atomic E-state index is 0. The minimum atomic E-state index is -0.317. The van der Waals surface area contributed by atoms with E-state index in [1.165, 1.54) is 0 Å². The maximum atomic E-state index is 11.6. The third kappa shape index (κ3) is 3.26. The molecule has 1 aromatic heterocycles. The summed E-state index contributed by atoms with van der Waals surface area (Å²) in [4.78, 5) is 11.6. The van der Waals surface area contributed by atoms with Crippen molar-refractivity contribution >= 4 is 30.7 Å². The number of carbonyl (C=O) groups is 1. The summed E-state index contributed by atoms with van der Waals surface area (Å²) in [5.74, 6) is 4.84. The van der Waals surface area contributed by atoms with Gasteiger partial charge in [0.15, 0.2) is 0 Å². The summed E-state index contributed by atoms with van der Waals surface area (Å²) >= 11 is 0. The van der Waals surface area contributed by atoms with Crippen LogP contribution in [-0.2, 0) is 0 Å². The van der Waals surface area contributed by atoms with Crippen molar-refractivity contribution in [3.05, 3.63) is 47.3 Å². The van der Waals surface area contributed by atoms with Crippen molar-refractivity contribution in [2.24, 2.45) is 5.84 Å². The van der Waals surface area contributed by atoms with Crippen LogP contribution >= 0.6 is 24.8 Å². The van der Waals surface area contributed by atoms with Gasteiger partial charge < -0.3 is 0 Å². The number of hydrogen-bond donors (Lipinski definition) is 2. The van der Waals surface area contributed by atoms with Crippen LogP contribution in [0.4, 0.5) is 0 Å². The highest BCUT2D eigenvalue weighted by Gasteiger charge is 2.18. The summed E-state index contributed by atoms with van der Waals surface area (Å²) in [6, 6.07) is 9.65. The van der Waals surface area contributed by atoms with E-state index >= 15 is 0 Å². The van der Waals surface area contributed by atoms with Gasteiger partial charge in [-0.3, -0.25) is 10.2 Å². The van der Waals surface area contributed by atoms with Gasteiger partial charge in [-0.1, -0.05) is 18.2 Å². The molecule has 2 rings (SSSR count). The van der Waals surface area contributed by atoms with Crippen molar-refractivity contribution in [1.82, 2.24) is 15.2 Å². The van der Waals surface area contributed by atoms with Crippen LogP contribution in [-0.4, -0.2) is 15.7 Å². The third-order valence-electron chi connectivity index (χ3n) is 2.65. The summed E-state index contributed by atoms with van der Waals surface area (Å²) in [7, 11) is 0. The zero-order chi connectivity index (χ0) is 12.4. The Kier molecular flexibility index (Phi) is 6.55. The molecular formula is C12H16Cl2N4O. The Morgan fingerprint density at radius 2 is 1.79 bits per heavy atom. The maximum Gasteiger partial charge on any atom is 0.268 e.